The van der Waals surface area contributed by atoms with Crippen molar-refractivity contribution in [1.29, 1.82) is 0 Å². The van der Waals surface area contributed by atoms with Crippen molar-refractivity contribution in [2.45, 2.75) is 166 Å². The van der Waals surface area contributed by atoms with Gasteiger partial charge in [-0.15, -0.1) is 0 Å². The van der Waals surface area contributed by atoms with Crippen molar-refractivity contribution in [3.05, 3.63) is 0 Å². The summed E-state index contributed by atoms with van der Waals surface area (Å²) in [5, 5.41) is 81.2. The molecule has 0 spiro atoms. The van der Waals surface area contributed by atoms with Crippen LogP contribution < -0.4 is 0 Å². The van der Waals surface area contributed by atoms with E-state index in [0.29, 0.717) is 35.5 Å². The Morgan fingerprint density at radius 3 is 1.98 bits per heavy atom. The SMILES string of the molecule is CCC[C@@H](C)[C@H]1CC[C@H]2[C@@H]3CC[C@@H]4C[C@H](O[C@@H]5OC(CO)[C@@H](O)C(O)[C@@H]5O)CC[C@]4(C)[C@H]3C[C@H](OCCO[C@@H]3OC(CO)[C@@H](O)C(O)[C@@H]3O)[C@]12C. The van der Waals surface area contributed by atoms with E-state index in [9.17, 15) is 40.9 Å². The smallest absolute Gasteiger partial charge is 0.186 e. The fourth-order valence-electron chi connectivity index (χ4n) is 12.1. The first-order chi connectivity index (χ1) is 24.3. The third-order valence-corrected chi connectivity index (χ3v) is 14.9. The van der Waals surface area contributed by atoms with E-state index in [4.69, 9.17) is 23.7 Å². The Morgan fingerprint density at radius 2 is 1.33 bits per heavy atom. The molecule has 0 radical (unpaired) electrons. The average Bonchev–Trinajstić information content (AvgIpc) is 3.48. The van der Waals surface area contributed by atoms with Gasteiger partial charge in [0.25, 0.3) is 0 Å². The molecule has 13 heteroatoms. The lowest BCUT2D eigenvalue weighted by Crippen LogP contribution is -2.61. The van der Waals surface area contributed by atoms with Crippen LogP contribution in [0.25, 0.3) is 0 Å². The van der Waals surface area contributed by atoms with Gasteiger partial charge in [0.2, 0.25) is 0 Å². The number of hydrogen-bond donors (Lipinski definition) is 8. The van der Waals surface area contributed by atoms with E-state index in [1.165, 1.54) is 19.3 Å². The highest BCUT2D eigenvalue weighted by atomic mass is 16.7. The van der Waals surface area contributed by atoms with Crippen molar-refractivity contribution in [3.8, 4) is 0 Å². The second-order valence-electron chi connectivity index (χ2n) is 17.4. The summed E-state index contributed by atoms with van der Waals surface area (Å²) in [7, 11) is 0. The largest absolute Gasteiger partial charge is 0.394 e. The lowest BCUT2D eigenvalue weighted by atomic mass is 9.43. The monoisotopic (exact) mass is 730 g/mol. The van der Waals surface area contributed by atoms with Crippen molar-refractivity contribution in [1.82, 2.24) is 0 Å². The molecule has 13 nitrogen and oxygen atoms in total. The standard InChI is InChI=1S/C38H66O13/c1-5-6-19(2)23-9-10-24-22-8-7-20-15-21(49-36-34(46)32(44)30(42)27(18-40)51-36)11-12-37(20,3)25(22)16-28(38(23,24)4)47-13-14-48-35-33(45)31(43)29(41)26(17-39)50-35/h19-36,39-46H,5-18H2,1-4H3/t19-,20-,21-,22+,23-,24+,25+,26?,27?,28+,29-,30-,31?,32?,33+,34+,35-,36-,37+,38-/m1/s1. The molecule has 6 fully saturated rings. The summed E-state index contributed by atoms with van der Waals surface area (Å²) in [4.78, 5) is 0. The van der Waals surface area contributed by atoms with Gasteiger partial charge in [0, 0.05) is 0 Å². The highest BCUT2D eigenvalue weighted by Crippen LogP contribution is 2.69. The minimum atomic E-state index is -1.49. The summed E-state index contributed by atoms with van der Waals surface area (Å²) < 4.78 is 30.3. The predicted molar refractivity (Wildman–Crippen MR) is 183 cm³/mol. The summed E-state index contributed by atoms with van der Waals surface area (Å²) >= 11 is 0. The van der Waals surface area contributed by atoms with Crippen molar-refractivity contribution in [3.63, 3.8) is 0 Å². The second kappa shape index (κ2) is 16.3. The summed E-state index contributed by atoms with van der Waals surface area (Å²) in [6.45, 7) is 8.99. The van der Waals surface area contributed by atoms with Crippen molar-refractivity contribution >= 4 is 0 Å². The maximum atomic E-state index is 10.6. The van der Waals surface area contributed by atoms with E-state index in [0.717, 1.165) is 44.9 Å². The Kier molecular flexibility index (Phi) is 12.8. The topological polar surface area (TPSA) is 208 Å². The highest BCUT2D eigenvalue weighted by Gasteiger charge is 2.64. The molecule has 2 aliphatic heterocycles. The van der Waals surface area contributed by atoms with E-state index < -0.39 is 74.6 Å². The highest BCUT2D eigenvalue weighted by molar-refractivity contribution is 5.13. The lowest BCUT2D eigenvalue weighted by molar-refractivity contribution is -0.316. The molecule has 296 valence electrons. The molecule has 20 atom stereocenters. The van der Waals surface area contributed by atoms with E-state index in [2.05, 4.69) is 27.7 Å². The van der Waals surface area contributed by atoms with Gasteiger partial charge in [0.05, 0.1) is 38.6 Å². The Labute approximate surface area is 302 Å². The zero-order valence-corrected chi connectivity index (χ0v) is 30.9. The van der Waals surface area contributed by atoms with Crippen molar-refractivity contribution in [2.75, 3.05) is 26.4 Å². The zero-order chi connectivity index (χ0) is 36.8. The molecule has 6 rings (SSSR count). The fraction of sp³-hybridized carbons (Fsp3) is 1.00. The summed E-state index contributed by atoms with van der Waals surface area (Å²) in [5.41, 5.74) is 0.0759. The van der Waals surface area contributed by atoms with Gasteiger partial charge >= 0.3 is 0 Å². The molecule has 4 saturated carbocycles. The number of rotatable bonds is 12. The quantitative estimate of drug-likeness (QED) is 0.105. The molecule has 4 aliphatic carbocycles. The number of ether oxygens (including phenoxy) is 5. The first-order valence-corrected chi connectivity index (χ1v) is 19.8. The fourth-order valence-corrected chi connectivity index (χ4v) is 12.1. The molecule has 0 aromatic rings. The molecule has 0 aromatic carbocycles. The van der Waals surface area contributed by atoms with E-state index in [1.54, 1.807) is 0 Å². The minimum absolute atomic E-state index is 0.00547. The normalized spacial score (nSPS) is 52.1. The van der Waals surface area contributed by atoms with E-state index >= 15 is 0 Å². The molecule has 4 unspecified atom stereocenters. The number of hydrogen-bond acceptors (Lipinski definition) is 13. The van der Waals surface area contributed by atoms with Gasteiger partial charge in [-0.05, 0) is 97.7 Å². The van der Waals surface area contributed by atoms with Gasteiger partial charge in [-0.25, -0.2) is 0 Å². The Bertz CT molecular complexity index is 1130. The summed E-state index contributed by atoms with van der Waals surface area (Å²) in [6, 6.07) is 0. The van der Waals surface area contributed by atoms with Crippen LogP contribution >= 0.6 is 0 Å². The summed E-state index contributed by atoms with van der Waals surface area (Å²) in [5.74, 6) is 3.13. The maximum Gasteiger partial charge on any atom is 0.186 e. The molecule has 0 aromatic heterocycles. The van der Waals surface area contributed by atoms with Crippen LogP contribution in [-0.2, 0) is 23.7 Å². The summed E-state index contributed by atoms with van der Waals surface area (Å²) in [6.07, 6.45) is -2.70. The van der Waals surface area contributed by atoms with Gasteiger partial charge in [0.1, 0.15) is 48.8 Å². The predicted octanol–water partition coefficient (Wildman–Crippen LogP) is 1.08. The van der Waals surface area contributed by atoms with Gasteiger partial charge in [0.15, 0.2) is 12.6 Å². The molecule has 51 heavy (non-hydrogen) atoms. The van der Waals surface area contributed by atoms with Crippen molar-refractivity contribution < 1.29 is 64.5 Å². The van der Waals surface area contributed by atoms with Crippen LogP contribution in [0.4, 0.5) is 0 Å². The molecular weight excluding hydrogens is 664 g/mol. The van der Waals surface area contributed by atoms with Crippen LogP contribution in [0.5, 0.6) is 0 Å². The Morgan fingerprint density at radius 1 is 0.706 bits per heavy atom. The first-order valence-electron chi connectivity index (χ1n) is 19.8. The van der Waals surface area contributed by atoms with Crippen LogP contribution in [0.15, 0.2) is 0 Å². The molecule has 2 saturated heterocycles. The Hall–Kier alpha value is -0.520. The number of aliphatic hydroxyl groups excluding tert-OH is 8. The molecule has 6 aliphatic rings. The lowest BCUT2D eigenvalue weighted by Gasteiger charge is -2.63. The minimum Gasteiger partial charge on any atom is -0.394 e. The van der Waals surface area contributed by atoms with Gasteiger partial charge in [-0.2, -0.15) is 0 Å². The van der Waals surface area contributed by atoms with Gasteiger partial charge < -0.3 is 64.5 Å². The number of fused-ring (bicyclic) bond motifs is 5. The van der Waals surface area contributed by atoms with Crippen molar-refractivity contribution in [2.24, 2.45) is 46.3 Å². The molecule has 0 amide bonds. The van der Waals surface area contributed by atoms with E-state index in [-0.39, 0.29) is 36.3 Å². The third-order valence-electron chi connectivity index (χ3n) is 14.9. The zero-order valence-electron chi connectivity index (χ0n) is 30.9. The Balaban J connectivity index is 1.15. The van der Waals surface area contributed by atoms with Gasteiger partial charge in [-0.3, -0.25) is 0 Å². The van der Waals surface area contributed by atoms with Crippen LogP contribution in [0.2, 0.25) is 0 Å². The molecule has 2 heterocycles. The average molecular weight is 731 g/mol. The third kappa shape index (κ3) is 7.32. The number of aliphatic hydroxyl groups is 8. The maximum absolute atomic E-state index is 10.6. The van der Waals surface area contributed by atoms with Crippen LogP contribution in [0.3, 0.4) is 0 Å². The molecular formula is C38H66O13. The van der Waals surface area contributed by atoms with Gasteiger partial charge in [-0.1, -0.05) is 40.5 Å². The first kappa shape index (κ1) is 40.2. The van der Waals surface area contributed by atoms with E-state index in [1.807, 2.05) is 0 Å². The second-order valence-corrected chi connectivity index (χ2v) is 17.4. The van der Waals surface area contributed by atoms with Crippen LogP contribution in [-0.4, -0.2) is 141 Å². The molecule has 0 bridgehead atoms. The molecule has 8 N–H and O–H groups in total. The van der Waals surface area contributed by atoms with Crippen LogP contribution in [0.1, 0.15) is 91.9 Å². The van der Waals surface area contributed by atoms with Crippen LogP contribution in [0, 0.1) is 46.3 Å².